The number of nitrogens with one attached hydrogen (secondary N) is 1. The van der Waals surface area contributed by atoms with Crippen LogP contribution < -0.4 is 5.43 Å². The van der Waals surface area contributed by atoms with Gasteiger partial charge in [0.1, 0.15) is 17.8 Å². The van der Waals surface area contributed by atoms with Crippen LogP contribution in [0.2, 0.25) is 5.02 Å². The number of benzene rings is 1. The molecular weight excluding hydrogens is 364 g/mol. The molecule has 2 aromatic rings. The highest BCUT2D eigenvalue weighted by Gasteiger charge is 2.06. The third-order valence-corrected chi connectivity index (χ3v) is 3.15. The minimum atomic E-state index is -0.540. The number of anilines is 1. The Balaban J connectivity index is 2.10. The number of halogens is 2. The van der Waals surface area contributed by atoms with Gasteiger partial charge in [-0.1, -0.05) is 27.5 Å². The fourth-order valence-corrected chi connectivity index (χ4v) is 2.25. The minimum absolute atomic E-state index is 0.0953. The number of hydrogen-bond acceptors (Lipinski definition) is 6. The van der Waals surface area contributed by atoms with Crippen LogP contribution in [0.3, 0.4) is 0 Å². The molecular formula is C12H8BrClN4O3. The van der Waals surface area contributed by atoms with E-state index in [4.69, 9.17) is 11.6 Å². The number of rotatable bonds is 4. The second-order valence-corrected chi connectivity index (χ2v) is 5.18. The van der Waals surface area contributed by atoms with E-state index in [1.807, 2.05) is 0 Å². The maximum atomic E-state index is 10.5. The summed E-state index contributed by atoms with van der Waals surface area (Å²) >= 11 is 9.08. The first-order valence-corrected chi connectivity index (χ1v) is 6.72. The smallest absolute Gasteiger partial charge is 0.287 e. The molecule has 1 heterocycles. The fourth-order valence-electron chi connectivity index (χ4n) is 1.41. The fraction of sp³-hybridized carbons (Fsp3) is 0. The Kier molecular flexibility index (Phi) is 4.71. The third-order valence-electron chi connectivity index (χ3n) is 2.40. The van der Waals surface area contributed by atoms with Crippen LogP contribution >= 0.6 is 27.5 Å². The van der Waals surface area contributed by atoms with Gasteiger partial charge in [0.15, 0.2) is 0 Å². The molecule has 2 rings (SSSR count). The molecule has 0 atom stereocenters. The first kappa shape index (κ1) is 15.2. The first-order chi connectivity index (χ1) is 9.97. The molecule has 0 aliphatic heterocycles. The Morgan fingerprint density at radius 2 is 2.24 bits per heavy atom. The van der Waals surface area contributed by atoms with E-state index in [1.165, 1.54) is 18.3 Å². The average molecular weight is 372 g/mol. The number of pyridine rings is 1. The maximum Gasteiger partial charge on any atom is 0.287 e. The normalized spacial score (nSPS) is 10.8. The average Bonchev–Trinajstić information content (AvgIpc) is 2.44. The molecule has 0 saturated carbocycles. The topological polar surface area (TPSA) is 101 Å². The number of hydrogen-bond donors (Lipinski definition) is 2. The molecule has 108 valence electrons. The first-order valence-electron chi connectivity index (χ1n) is 5.55. The lowest BCUT2D eigenvalue weighted by atomic mass is 10.2. The molecule has 0 bridgehead atoms. The van der Waals surface area contributed by atoms with Crippen LogP contribution in [-0.4, -0.2) is 21.2 Å². The Morgan fingerprint density at radius 1 is 1.48 bits per heavy atom. The van der Waals surface area contributed by atoms with Crippen molar-refractivity contribution < 1.29 is 10.0 Å². The Hall–Kier alpha value is -2.19. The van der Waals surface area contributed by atoms with Crippen molar-refractivity contribution in [2.45, 2.75) is 0 Å². The van der Waals surface area contributed by atoms with Gasteiger partial charge in [-0.3, -0.25) is 15.5 Å². The number of aromatic nitrogens is 1. The van der Waals surface area contributed by atoms with Crippen molar-refractivity contribution in [2.75, 3.05) is 5.43 Å². The molecule has 0 aliphatic carbocycles. The second kappa shape index (κ2) is 6.51. The van der Waals surface area contributed by atoms with Crippen LogP contribution in [0.4, 0.5) is 11.5 Å². The van der Waals surface area contributed by atoms with Gasteiger partial charge in [-0.25, -0.2) is 4.98 Å². The van der Waals surface area contributed by atoms with Crippen LogP contribution in [0.5, 0.6) is 5.75 Å². The summed E-state index contributed by atoms with van der Waals surface area (Å²) < 4.78 is 0.695. The summed E-state index contributed by atoms with van der Waals surface area (Å²) in [5.74, 6) is 0.236. The van der Waals surface area contributed by atoms with E-state index in [0.717, 1.165) is 6.20 Å². The highest BCUT2D eigenvalue weighted by atomic mass is 79.9. The summed E-state index contributed by atoms with van der Waals surface area (Å²) in [6.45, 7) is 0. The molecule has 9 heteroatoms. The molecule has 2 N–H and O–H groups in total. The Labute approximate surface area is 132 Å². The summed E-state index contributed by atoms with van der Waals surface area (Å²) in [5, 5.41) is 24.3. The zero-order chi connectivity index (χ0) is 15.4. The largest absolute Gasteiger partial charge is 0.506 e. The highest BCUT2D eigenvalue weighted by Crippen LogP contribution is 2.30. The van der Waals surface area contributed by atoms with Crippen molar-refractivity contribution in [1.29, 1.82) is 0 Å². The molecule has 1 aromatic heterocycles. The van der Waals surface area contributed by atoms with Gasteiger partial charge in [0.05, 0.1) is 16.2 Å². The summed E-state index contributed by atoms with van der Waals surface area (Å²) in [6, 6.07) is 5.91. The van der Waals surface area contributed by atoms with E-state index in [2.05, 4.69) is 31.4 Å². The van der Waals surface area contributed by atoms with Crippen molar-refractivity contribution in [3.63, 3.8) is 0 Å². The second-order valence-electron chi connectivity index (χ2n) is 3.85. The van der Waals surface area contributed by atoms with Crippen molar-refractivity contribution in [1.82, 2.24) is 4.98 Å². The Bertz CT molecular complexity index is 706. The lowest BCUT2D eigenvalue weighted by molar-refractivity contribution is -0.385. The van der Waals surface area contributed by atoms with Gasteiger partial charge in [0.2, 0.25) is 0 Å². The lowest BCUT2D eigenvalue weighted by Crippen LogP contribution is -1.95. The van der Waals surface area contributed by atoms with Crippen molar-refractivity contribution in [2.24, 2.45) is 5.10 Å². The van der Waals surface area contributed by atoms with Crippen LogP contribution in [0.15, 0.2) is 40.0 Å². The van der Waals surface area contributed by atoms with E-state index in [9.17, 15) is 15.2 Å². The van der Waals surface area contributed by atoms with Crippen LogP contribution in [0.25, 0.3) is 0 Å². The summed E-state index contributed by atoms with van der Waals surface area (Å²) in [7, 11) is 0. The number of nitro groups is 1. The number of hydrazone groups is 1. The molecule has 0 fully saturated rings. The monoisotopic (exact) mass is 370 g/mol. The maximum absolute atomic E-state index is 10.5. The Morgan fingerprint density at radius 3 is 2.86 bits per heavy atom. The third kappa shape index (κ3) is 3.89. The predicted octanol–water partition coefficient (Wildman–Crippen LogP) is 3.56. The van der Waals surface area contributed by atoms with E-state index in [-0.39, 0.29) is 16.5 Å². The quantitative estimate of drug-likeness (QED) is 0.486. The van der Waals surface area contributed by atoms with Gasteiger partial charge < -0.3 is 5.11 Å². The number of nitrogens with zero attached hydrogens (tertiary/aromatic N) is 3. The van der Waals surface area contributed by atoms with Crippen LogP contribution in [0, 0.1) is 10.1 Å². The zero-order valence-electron chi connectivity index (χ0n) is 10.3. The van der Waals surface area contributed by atoms with Gasteiger partial charge in [0, 0.05) is 16.1 Å². The van der Waals surface area contributed by atoms with E-state index >= 15 is 0 Å². The molecule has 21 heavy (non-hydrogen) atoms. The number of phenolic OH excluding ortho intramolecular Hbond substituents is 1. The van der Waals surface area contributed by atoms with E-state index < -0.39 is 4.92 Å². The van der Waals surface area contributed by atoms with E-state index in [1.54, 1.807) is 12.1 Å². The van der Waals surface area contributed by atoms with Gasteiger partial charge in [-0.2, -0.15) is 5.10 Å². The number of aromatic hydroxyl groups is 1. The van der Waals surface area contributed by atoms with Gasteiger partial charge >= 0.3 is 0 Å². The van der Waals surface area contributed by atoms with Crippen molar-refractivity contribution in [3.05, 3.63) is 55.6 Å². The molecule has 0 amide bonds. The molecule has 0 unspecified atom stereocenters. The minimum Gasteiger partial charge on any atom is -0.506 e. The molecule has 0 saturated heterocycles. The summed E-state index contributed by atoms with van der Waals surface area (Å²) in [6.07, 6.45) is 2.47. The standard InChI is InChI=1S/C12H8BrClN4O3/c13-8-3-7(12(19)10(14)4-8)5-16-17-11-2-1-9(6-15-11)18(20)21/h1-6,19H,(H,15,17)/b16-5-. The van der Waals surface area contributed by atoms with Gasteiger partial charge in [-0.15, -0.1) is 0 Å². The molecule has 0 spiro atoms. The van der Waals surface area contributed by atoms with E-state index in [0.29, 0.717) is 15.9 Å². The van der Waals surface area contributed by atoms with Crippen LogP contribution in [-0.2, 0) is 0 Å². The molecule has 0 radical (unpaired) electrons. The predicted molar refractivity (Wildman–Crippen MR) is 82.9 cm³/mol. The zero-order valence-corrected chi connectivity index (χ0v) is 12.7. The molecule has 7 nitrogen and oxygen atoms in total. The van der Waals surface area contributed by atoms with Gasteiger partial charge in [-0.05, 0) is 18.2 Å². The SMILES string of the molecule is O=[N+]([O-])c1ccc(N/N=C\c2cc(Br)cc(Cl)c2O)nc1. The summed E-state index contributed by atoms with van der Waals surface area (Å²) in [4.78, 5) is 13.8. The lowest BCUT2D eigenvalue weighted by Gasteiger charge is -2.03. The van der Waals surface area contributed by atoms with Gasteiger partial charge in [0.25, 0.3) is 5.69 Å². The van der Waals surface area contributed by atoms with Crippen molar-refractivity contribution in [3.8, 4) is 5.75 Å². The summed E-state index contributed by atoms with van der Waals surface area (Å²) in [5.41, 5.74) is 2.89. The van der Waals surface area contributed by atoms with Crippen molar-refractivity contribution >= 4 is 45.3 Å². The molecule has 1 aromatic carbocycles. The van der Waals surface area contributed by atoms with Crippen LogP contribution in [0.1, 0.15) is 5.56 Å². The molecule has 0 aliphatic rings. The highest BCUT2D eigenvalue weighted by molar-refractivity contribution is 9.10. The number of phenols is 1.